The van der Waals surface area contributed by atoms with Gasteiger partial charge in [0.05, 0.1) is 6.61 Å². The molecule has 8 heteroatoms. The number of nitrogens with zero attached hydrogens (tertiary/aromatic N) is 4. The van der Waals surface area contributed by atoms with Gasteiger partial charge in [-0.25, -0.2) is 9.97 Å². The summed E-state index contributed by atoms with van der Waals surface area (Å²) in [6, 6.07) is 1.21. The standard InChI is InChI=1S/C13H17N5O3/c19-11-9-21-8-10(16-11)12(20)17-4-6-18(7-5-17)13-14-2-1-3-15-13/h1-3,10H,4-9H2,(H,16,19). The quantitative estimate of drug-likeness (QED) is 0.724. The van der Waals surface area contributed by atoms with Crippen molar-refractivity contribution in [2.45, 2.75) is 6.04 Å². The first-order valence-corrected chi connectivity index (χ1v) is 6.92. The predicted molar refractivity (Wildman–Crippen MR) is 73.6 cm³/mol. The normalized spacial score (nSPS) is 22.9. The Balaban J connectivity index is 1.55. The van der Waals surface area contributed by atoms with Gasteiger partial charge in [0.2, 0.25) is 17.8 Å². The number of hydrogen-bond acceptors (Lipinski definition) is 6. The van der Waals surface area contributed by atoms with Gasteiger partial charge in [-0.05, 0) is 6.07 Å². The highest BCUT2D eigenvalue weighted by molar-refractivity contribution is 5.89. The van der Waals surface area contributed by atoms with Crippen LogP contribution in [0.3, 0.4) is 0 Å². The number of aromatic nitrogens is 2. The molecule has 3 rings (SSSR count). The Morgan fingerprint density at radius 3 is 2.62 bits per heavy atom. The van der Waals surface area contributed by atoms with E-state index in [2.05, 4.69) is 15.3 Å². The number of carbonyl (C=O) groups is 2. The SMILES string of the molecule is O=C1COCC(C(=O)N2CCN(c3ncccn3)CC2)N1. The van der Waals surface area contributed by atoms with Gasteiger partial charge in [-0.1, -0.05) is 0 Å². The molecule has 2 fully saturated rings. The van der Waals surface area contributed by atoms with Crippen molar-refractivity contribution in [1.82, 2.24) is 20.2 Å². The first kappa shape index (κ1) is 13.7. The molecule has 3 heterocycles. The van der Waals surface area contributed by atoms with Crippen LogP contribution in [-0.4, -0.2) is 72.1 Å². The average Bonchev–Trinajstić information content (AvgIpc) is 2.55. The van der Waals surface area contributed by atoms with Crippen LogP contribution in [0.5, 0.6) is 0 Å². The first-order valence-electron chi connectivity index (χ1n) is 6.92. The van der Waals surface area contributed by atoms with E-state index in [1.165, 1.54) is 0 Å². The Kier molecular flexibility index (Phi) is 3.96. The molecule has 0 radical (unpaired) electrons. The van der Waals surface area contributed by atoms with Crippen molar-refractivity contribution in [3.05, 3.63) is 18.5 Å². The van der Waals surface area contributed by atoms with Gasteiger partial charge in [0.25, 0.3) is 0 Å². The van der Waals surface area contributed by atoms with E-state index in [0.29, 0.717) is 32.1 Å². The lowest BCUT2D eigenvalue weighted by Crippen LogP contribution is -2.58. The van der Waals surface area contributed by atoms with Crippen LogP contribution in [0.4, 0.5) is 5.95 Å². The van der Waals surface area contributed by atoms with Crippen molar-refractivity contribution in [2.75, 3.05) is 44.3 Å². The minimum atomic E-state index is -0.564. The number of ether oxygens (including phenoxy) is 1. The Bertz CT molecular complexity index is 516. The number of morpholine rings is 1. The molecular weight excluding hydrogens is 274 g/mol. The maximum atomic E-state index is 12.3. The third-order valence-electron chi connectivity index (χ3n) is 3.58. The smallest absolute Gasteiger partial charge is 0.247 e. The summed E-state index contributed by atoms with van der Waals surface area (Å²) in [6.07, 6.45) is 3.41. The molecule has 0 aliphatic carbocycles. The van der Waals surface area contributed by atoms with Crippen LogP contribution in [0.2, 0.25) is 0 Å². The fourth-order valence-corrected chi connectivity index (χ4v) is 2.48. The largest absolute Gasteiger partial charge is 0.369 e. The number of anilines is 1. The Labute approximate surface area is 122 Å². The summed E-state index contributed by atoms with van der Waals surface area (Å²) < 4.78 is 5.11. The zero-order valence-corrected chi connectivity index (χ0v) is 11.6. The number of piperazine rings is 1. The molecule has 0 spiro atoms. The van der Waals surface area contributed by atoms with E-state index >= 15 is 0 Å². The fraction of sp³-hybridized carbons (Fsp3) is 0.538. The second kappa shape index (κ2) is 6.04. The second-order valence-corrected chi connectivity index (χ2v) is 5.00. The van der Waals surface area contributed by atoms with Gasteiger partial charge in [0, 0.05) is 38.6 Å². The maximum Gasteiger partial charge on any atom is 0.247 e. The van der Waals surface area contributed by atoms with E-state index in [0.717, 1.165) is 0 Å². The molecular formula is C13H17N5O3. The molecule has 0 bridgehead atoms. The topological polar surface area (TPSA) is 87.7 Å². The summed E-state index contributed by atoms with van der Waals surface area (Å²) >= 11 is 0. The first-order chi connectivity index (χ1) is 10.2. The highest BCUT2D eigenvalue weighted by atomic mass is 16.5. The third kappa shape index (κ3) is 3.10. The van der Waals surface area contributed by atoms with Crippen LogP contribution >= 0.6 is 0 Å². The van der Waals surface area contributed by atoms with Crippen molar-refractivity contribution in [1.29, 1.82) is 0 Å². The number of hydrogen-bond donors (Lipinski definition) is 1. The van der Waals surface area contributed by atoms with Gasteiger partial charge in [0.1, 0.15) is 12.6 Å². The van der Waals surface area contributed by atoms with E-state index in [4.69, 9.17) is 4.74 Å². The summed E-state index contributed by atoms with van der Waals surface area (Å²) in [4.78, 5) is 35.8. The highest BCUT2D eigenvalue weighted by Crippen LogP contribution is 2.11. The minimum absolute atomic E-state index is 0.0307. The van der Waals surface area contributed by atoms with Gasteiger partial charge in [-0.2, -0.15) is 0 Å². The molecule has 2 aliphatic rings. The van der Waals surface area contributed by atoms with E-state index in [1.54, 1.807) is 23.4 Å². The van der Waals surface area contributed by atoms with Gasteiger partial charge >= 0.3 is 0 Å². The Hall–Kier alpha value is -2.22. The zero-order chi connectivity index (χ0) is 14.7. The summed E-state index contributed by atoms with van der Waals surface area (Å²) in [7, 11) is 0. The summed E-state index contributed by atoms with van der Waals surface area (Å²) in [5, 5.41) is 2.66. The molecule has 2 amide bonds. The van der Waals surface area contributed by atoms with Crippen LogP contribution in [0, 0.1) is 0 Å². The molecule has 2 saturated heterocycles. The highest BCUT2D eigenvalue weighted by Gasteiger charge is 2.31. The fourth-order valence-electron chi connectivity index (χ4n) is 2.48. The van der Waals surface area contributed by atoms with E-state index in [-0.39, 0.29) is 25.0 Å². The van der Waals surface area contributed by atoms with Gasteiger partial charge in [-0.3, -0.25) is 9.59 Å². The summed E-state index contributed by atoms with van der Waals surface area (Å²) in [6.45, 7) is 2.80. The van der Waals surface area contributed by atoms with Crippen molar-refractivity contribution in [3.8, 4) is 0 Å². The zero-order valence-electron chi connectivity index (χ0n) is 11.6. The van der Waals surface area contributed by atoms with Crippen LogP contribution in [0.1, 0.15) is 0 Å². The van der Waals surface area contributed by atoms with Gasteiger partial charge < -0.3 is 19.9 Å². The van der Waals surface area contributed by atoms with Crippen molar-refractivity contribution < 1.29 is 14.3 Å². The molecule has 0 saturated carbocycles. The van der Waals surface area contributed by atoms with Crippen molar-refractivity contribution >= 4 is 17.8 Å². The van der Waals surface area contributed by atoms with Crippen LogP contribution in [0.25, 0.3) is 0 Å². The molecule has 2 aliphatic heterocycles. The van der Waals surface area contributed by atoms with Crippen LogP contribution < -0.4 is 10.2 Å². The number of amides is 2. The van der Waals surface area contributed by atoms with Crippen LogP contribution in [-0.2, 0) is 14.3 Å². The molecule has 1 aromatic rings. The summed E-state index contributed by atoms with van der Waals surface area (Å²) in [5.41, 5.74) is 0. The van der Waals surface area contributed by atoms with Crippen molar-refractivity contribution in [2.24, 2.45) is 0 Å². The number of rotatable bonds is 2. The Morgan fingerprint density at radius 1 is 1.24 bits per heavy atom. The molecule has 1 N–H and O–H groups in total. The molecule has 112 valence electrons. The lowest BCUT2D eigenvalue weighted by molar-refractivity contribution is -0.144. The Morgan fingerprint density at radius 2 is 1.95 bits per heavy atom. The molecule has 21 heavy (non-hydrogen) atoms. The lowest BCUT2D eigenvalue weighted by atomic mass is 10.2. The van der Waals surface area contributed by atoms with E-state index in [1.807, 2.05) is 4.90 Å². The molecule has 8 nitrogen and oxygen atoms in total. The monoisotopic (exact) mass is 291 g/mol. The molecule has 1 aromatic heterocycles. The number of nitrogens with one attached hydrogen (secondary N) is 1. The van der Waals surface area contributed by atoms with Gasteiger partial charge in [0.15, 0.2) is 0 Å². The van der Waals surface area contributed by atoms with E-state index < -0.39 is 6.04 Å². The van der Waals surface area contributed by atoms with Gasteiger partial charge in [-0.15, -0.1) is 0 Å². The second-order valence-electron chi connectivity index (χ2n) is 5.00. The molecule has 0 aromatic carbocycles. The number of carbonyl (C=O) groups excluding carboxylic acids is 2. The summed E-state index contributed by atoms with van der Waals surface area (Å²) in [5.74, 6) is 0.353. The minimum Gasteiger partial charge on any atom is -0.369 e. The lowest BCUT2D eigenvalue weighted by Gasteiger charge is -2.37. The molecule has 1 atom stereocenters. The van der Waals surface area contributed by atoms with Crippen molar-refractivity contribution in [3.63, 3.8) is 0 Å². The van der Waals surface area contributed by atoms with E-state index in [9.17, 15) is 9.59 Å². The maximum absolute atomic E-state index is 12.3. The van der Waals surface area contributed by atoms with Crippen LogP contribution in [0.15, 0.2) is 18.5 Å². The molecule has 1 unspecified atom stereocenters. The predicted octanol–water partition coefficient (Wildman–Crippen LogP) is -1.36. The third-order valence-corrected chi connectivity index (χ3v) is 3.58. The average molecular weight is 291 g/mol.